The number of ether oxygens (including phenoxy) is 1. The van der Waals surface area contributed by atoms with Gasteiger partial charge in [0.1, 0.15) is 6.54 Å². The quantitative estimate of drug-likeness (QED) is 0.781. The van der Waals surface area contributed by atoms with Gasteiger partial charge in [0.15, 0.2) is 6.10 Å². The normalized spacial score (nSPS) is 11.3. The molecule has 0 spiro atoms. The minimum atomic E-state index is -0.976. The maximum absolute atomic E-state index is 12.2. The molecule has 0 fully saturated rings. The number of carbonyl (C=O) groups is 3. The lowest BCUT2D eigenvalue weighted by Crippen LogP contribution is -2.35. The molecule has 0 aliphatic rings. The lowest BCUT2D eigenvalue weighted by Gasteiger charge is -2.15. The highest BCUT2D eigenvalue weighted by Crippen LogP contribution is 2.16. The average Bonchev–Trinajstić information content (AvgIpc) is 2.63. The highest BCUT2D eigenvalue weighted by Gasteiger charge is 2.19. The number of anilines is 1. The van der Waals surface area contributed by atoms with Crippen molar-refractivity contribution in [1.29, 1.82) is 0 Å². The SMILES string of the molecule is Cc1ccc(C)c(NC(=O)[C@@H](C)OC(=O)CNC(=O)c2ccccc2)c1. The molecule has 6 heteroatoms. The van der Waals surface area contributed by atoms with Crippen molar-refractivity contribution in [2.24, 2.45) is 0 Å². The molecule has 0 aliphatic heterocycles. The topological polar surface area (TPSA) is 84.5 Å². The van der Waals surface area contributed by atoms with Gasteiger partial charge < -0.3 is 15.4 Å². The van der Waals surface area contributed by atoms with Crippen LogP contribution >= 0.6 is 0 Å². The molecule has 0 unspecified atom stereocenters. The van der Waals surface area contributed by atoms with Crippen LogP contribution in [-0.4, -0.2) is 30.4 Å². The van der Waals surface area contributed by atoms with Gasteiger partial charge in [-0.25, -0.2) is 0 Å². The van der Waals surface area contributed by atoms with Gasteiger partial charge in [0.2, 0.25) is 0 Å². The van der Waals surface area contributed by atoms with Gasteiger partial charge in [-0.2, -0.15) is 0 Å². The van der Waals surface area contributed by atoms with Crippen LogP contribution in [0.2, 0.25) is 0 Å². The number of hydrogen-bond donors (Lipinski definition) is 2. The monoisotopic (exact) mass is 354 g/mol. The molecule has 0 saturated heterocycles. The Morgan fingerprint density at radius 1 is 1.04 bits per heavy atom. The van der Waals surface area contributed by atoms with E-state index < -0.39 is 18.0 Å². The molecule has 0 heterocycles. The molecule has 0 aromatic heterocycles. The van der Waals surface area contributed by atoms with Gasteiger partial charge in [0.25, 0.3) is 11.8 Å². The molecule has 2 rings (SSSR count). The predicted molar refractivity (Wildman–Crippen MR) is 98.9 cm³/mol. The minimum absolute atomic E-state index is 0.311. The Morgan fingerprint density at radius 3 is 2.42 bits per heavy atom. The van der Waals surface area contributed by atoms with Crippen molar-refractivity contribution in [3.63, 3.8) is 0 Å². The van der Waals surface area contributed by atoms with E-state index in [9.17, 15) is 14.4 Å². The number of esters is 1. The maximum Gasteiger partial charge on any atom is 0.326 e. The van der Waals surface area contributed by atoms with E-state index in [0.717, 1.165) is 11.1 Å². The summed E-state index contributed by atoms with van der Waals surface area (Å²) in [5.41, 5.74) is 3.05. The first kappa shape index (κ1) is 19.2. The molecule has 1 atom stereocenters. The van der Waals surface area contributed by atoms with Crippen LogP contribution < -0.4 is 10.6 Å². The van der Waals surface area contributed by atoms with Gasteiger partial charge in [0.05, 0.1) is 0 Å². The number of carbonyl (C=O) groups excluding carboxylic acids is 3. The number of nitrogens with one attached hydrogen (secondary N) is 2. The summed E-state index contributed by atoms with van der Waals surface area (Å²) in [4.78, 5) is 35.9. The number of amides is 2. The fourth-order valence-corrected chi connectivity index (χ4v) is 2.24. The lowest BCUT2D eigenvalue weighted by molar-refractivity contribution is -0.152. The molecule has 0 aliphatic carbocycles. The summed E-state index contributed by atoms with van der Waals surface area (Å²) < 4.78 is 5.08. The van der Waals surface area contributed by atoms with Crippen molar-refractivity contribution >= 4 is 23.5 Å². The van der Waals surface area contributed by atoms with Crippen LogP contribution in [0.1, 0.15) is 28.4 Å². The van der Waals surface area contributed by atoms with Gasteiger partial charge in [-0.15, -0.1) is 0 Å². The molecule has 136 valence electrons. The van der Waals surface area contributed by atoms with Gasteiger partial charge in [0, 0.05) is 11.3 Å². The molecule has 6 nitrogen and oxygen atoms in total. The number of rotatable bonds is 6. The van der Waals surface area contributed by atoms with Crippen LogP contribution in [0.4, 0.5) is 5.69 Å². The molecule has 2 N–H and O–H groups in total. The Morgan fingerprint density at radius 2 is 1.73 bits per heavy atom. The van der Waals surface area contributed by atoms with Crippen molar-refractivity contribution < 1.29 is 19.1 Å². The second-order valence-electron chi connectivity index (χ2n) is 5.99. The first-order valence-electron chi connectivity index (χ1n) is 8.27. The molecule has 0 saturated carbocycles. The van der Waals surface area contributed by atoms with Crippen molar-refractivity contribution in [1.82, 2.24) is 5.32 Å². The van der Waals surface area contributed by atoms with Crippen LogP contribution in [-0.2, 0) is 14.3 Å². The molecular formula is C20H22N2O4. The van der Waals surface area contributed by atoms with Crippen LogP contribution in [0.15, 0.2) is 48.5 Å². The highest BCUT2D eigenvalue weighted by molar-refractivity contribution is 5.97. The highest BCUT2D eigenvalue weighted by atomic mass is 16.5. The zero-order chi connectivity index (χ0) is 19.1. The van der Waals surface area contributed by atoms with Crippen molar-refractivity contribution in [3.05, 3.63) is 65.2 Å². The Hall–Kier alpha value is -3.15. The minimum Gasteiger partial charge on any atom is -0.451 e. The van der Waals surface area contributed by atoms with E-state index in [-0.39, 0.29) is 12.5 Å². The molecular weight excluding hydrogens is 332 g/mol. The summed E-state index contributed by atoms with van der Waals surface area (Å²) in [7, 11) is 0. The fraction of sp³-hybridized carbons (Fsp3) is 0.250. The van der Waals surface area contributed by atoms with Crippen molar-refractivity contribution in [2.45, 2.75) is 26.9 Å². The standard InChI is InChI=1S/C20H22N2O4/c1-13-9-10-14(2)17(11-13)22-19(24)15(3)26-18(23)12-21-20(25)16-7-5-4-6-8-16/h4-11,15H,12H2,1-3H3,(H,21,25)(H,22,24)/t15-/m1/s1. The van der Waals surface area contributed by atoms with Crippen LogP contribution in [0.5, 0.6) is 0 Å². The molecule has 26 heavy (non-hydrogen) atoms. The molecule has 0 bridgehead atoms. The maximum atomic E-state index is 12.2. The number of aryl methyl sites for hydroxylation is 2. The summed E-state index contributed by atoms with van der Waals surface area (Å²) in [6.45, 7) is 4.98. The molecule has 2 aromatic rings. The Balaban J connectivity index is 1.83. The van der Waals surface area contributed by atoms with E-state index in [1.165, 1.54) is 6.92 Å². The Bertz CT molecular complexity index is 803. The summed E-state index contributed by atoms with van der Waals surface area (Å²) >= 11 is 0. The predicted octanol–water partition coefficient (Wildman–Crippen LogP) is 2.60. The van der Waals surface area contributed by atoms with Crippen LogP contribution in [0.3, 0.4) is 0 Å². The Kier molecular flexibility index (Phi) is 6.49. The van der Waals surface area contributed by atoms with Gasteiger partial charge in [-0.1, -0.05) is 30.3 Å². The third-order valence-corrected chi connectivity index (χ3v) is 3.76. The largest absolute Gasteiger partial charge is 0.451 e. The summed E-state index contributed by atoms with van der Waals surface area (Å²) in [6.07, 6.45) is -0.976. The van der Waals surface area contributed by atoms with Gasteiger partial charge in [-0.05, 0) is 50.1 Å². The second kappa shape index (κ2) is 8.80. The zero-order valence-electron chi connectivity index (χ0n) is 15.0. The first-order valence-corrected chi connectivity index (χ1v) is 8.27. The smallest absolute Gasteiger partial charge is 0.326 e. The zero-order valence-corrected chi connectivity index (χ0v) is 15.0. The van der Waals surface area contributed by atoms with Gasteiger partial charge in [-0.3, -0.25) is 14.4 Å². The first-order chi connectivity index (χ1) is 12.4. The third kappa shape index (κ3) is 5.44. The second-order valence-corrected chi connectivity index (χ2v) is 5.99. The van der Waals surface area contributed by atoms with Crippen molar-refractivity contribution in [3.8, 4) is 0 Å². The van der Waals surface area contributed by atoms with E-state index >= 15 is 0 Å². The Labute approximate surface area is 152 Å². The molecule has 2 aromatic carbocycles. The third-order valence-electron chi connectivity index (χ3n) is 3.76. The van der Waals surface area contributed by atoms with Gasteiger partial charge >= 0.3 is 5.97 Å². The average molecular weight is 354 g/mol. The molecule has 2 amide bonds. The summed E-state index contributed by atoms with van der Waals surface area (Å²) in [5.74, 6) is -1.49. The summed E-state index contributed by atoms with van der Waals surface area (Å²) in [6, 6.07) is 14.2. The lowest BCUT2D eigenvalue weighted by atomic mass is 10.1. The number of hydrogen-bond acceptors (Lipinski definition) is 4. The van der Waals surface area contributed by atoms with E-state index in [0.29, 0.717) is 11.3 Å². The number of benzene rings is 2. The van der Waals surface area contributed by atoms with Crippen molar-refractivity contribution in [2.75, 3.05) is 11.9 Å². The van der Waals surface area contributed by atoms with E-state index in [2.05, 4.69) is 10.6 Å². The van der Waals surface area contributed by atoms with Crippen LogP contribution in [0.25, 0.3) is 0 Å². The molecule has 0 radical (unpaired) electrons. The van der Waals surface area contributed by atoms with E-state index in [4.69, 9.17) is 4.74 Å². The van der Waals surface area contributed by atoms with E-state index in [1.54, 1.807) is 30.3 Å². The summed E-state index contributed by atoms with van der Waals surface area (Å²) in [5, 5.41) is 5.21. The fourth-order valence-electron chi connectivity index (χ4n) is 2.24. The van der Waals surface area contributed by atoms with E-state index in [1.807, 2.05) is 32.0 Å². The van der Waals surface area contributed by atoms with Crippen LogP contribution in [0, 0.1) is 13.8 Å².